The van der Waals surface area contributed by atoms with Gasteiger partial charge in [0.2, 0.25) is 11.7 Å². The molecule has 1 saturated carbocycles. The molecular formula is C17H16N6O2S. The topological polar surface area (TPSA) is 91.1 Å². The Balaban J connectivity index is 1.59. The number of para-hydroxylation sites is 1. The molecular weight excluding hydrogens is 352 g/mol. The van der Waals surface area contributed by atoms with Crippen molar-refractivity contribution in [2.75, 3.05) is 0 Å². The fourth-order valence-electron chi connectivity index (χ4n) is 3.02. The van der Waals surface area contributed by atoms with Crippen LogP contribution in [0.2, 0.25) is 0 Å². The first-order chi connectivity index (χ1) is 12.6. The number of aryl methyl sites for hydroxylation is 1. The lowest BCUT2D eigenvalue weighted by molar-refractivity contribution is 0.374. The standard InChI is InChI=1S/C17H16N6O2S/c1-9(14-18-13(21-25-14)10-7-8-10)26-17-20-19-16-22(2)15(24)11-5-3-4-6-12(11)23(16)17/h3-6,9-10H,7-8H2,1-2H3. The van der Waals surface area contributed by atoms with Gasteiger partial charge in [-0.05, 0) is 31.9 Å². The van der Waals surface area contributed by atoms with Gasteiger partial charge in [-0.1, -0.05) is 29.1 Å². The van der Waals surface area contributed by atoms with E-state index in [0.717, 1.165) is 24.2 Å². The molecule has 8 nitrogen and oxygen atoms in total. The molecule has 5 rings (SSSR count). The molecule has 0 aliphatic heterocycles. The summed E-state index contributed by atoms with van der Waals surface area (Å²) in [6.07, 6.45) is 2.27. The fraction of sp³-hybridized carbons (Fsp3) is 0.353. The van der Waals surface area contributed by atoms with Crippen LogP contribution in [0.5, 0.6) is 0 Å². The Morgan fingerprint density at radius 2 is 2.08 bits per heavy atom. The molecule has 0 radical (unpaired) electrons. The zero-order chi connectivity index (χ0) is 17.8. The second kappa shape index (κ2) is 5.66. The highest BCUT2D eigenvalue weighted by Crippen LogP contribution is 2.40. The maximum Gasteiger partial charge on any atom is 0.262 e. The van der Waals surface area contributed by atoms with Crippen molar-refractivity contribution in [1.82, 2.24) is 29.3 Å². The lowest BCUT2D eigenvalue weighted by Gasteiger charge is -2.09. The highest BCUT2D eigenvalue weighted by atomic mass is 32.2. The van der Waals surface area contributed by atoms with Gasteiger partial charge in [0.25, 0.3) is 5.56 Å². The quantitative estimate of drug-likeness (QED) is 0.511. The van der Waals surface area contributed by atoms with Gasteiger partial charge in [-0.25, -0.2) is 0 Å². The van der Waals surface area contributed by atoms with Crippen LogP contribution in [-0.4, -0.2) is 29.3 Å². The predicted octanol–water partition coefficient (Wildman–Crippen LogP) is 2.69. The minimum absolute atomic E-state index is 0.0709. The summed E-state index contributed by atoms with van der Waals surface area (Å²) in [4.78, 5) is 17.0. The molecule has 1 unspecified atom stereocenters. The van der Waals surface area contributed by atoms with E-state index in [4.69, 9.17) is 4.52 Å². The van der Waals surface area contributed by atoms with Crippen molar-refractivity contribution < 1.29 is 4.52 Å². The van der Waals surface area contributed by atoms with Gasteiger partial charge in [0.05, 0.1) is 16.2 Å². The Labute approximate surface area is 152 Å². The van der Waals surface area contributed by atoms with E-state index in [2.05, 4.69) is 20.3 Å². The number of nitrogens with zero attached hydrogens (tertiary/aromatic N) is 6. The average molecular weight is 368 g/mol. The number of thioether (sulfide) groups is 1. The third-order valence-corrected chi connectivity index (χ3v) is 5.66. The van der Waals surface area contributed by atoms with Gasteiger partial charge in [-0.15, -0.1) is 10.2 Å². The van der Waals surface area contributed by atoms with Crippen LogP contribution >= 0.6 is 11.8 Å². The van der Waals surface area contributed by atoms with Crippen molar-refractivity contribution in [1.29, 1.82) is 0 Å². The number of rotatable bonds is 4. The van der Waals surface area contributed by atoms with Crippen molar-refractivity contribution in [2.24, 2.45) is 7.05 Å². The normalized spacial score (nSPS) is 15.8. The molecule has 1 atom stereocenters. The Kier molecular flexibility index (Phi) is 3.39. The first kappa shape index (κ1) is 15.6. The van der Waals surface area contributed by atoms with Gasteiger partial charge < -0.3 is 4.52 Å². The van der Waals surface area contributed by atoms with Crippen molar-refractivity contribution in [3.8, 4) is 0 Å². The van der Waals surface area contributed by atoms with E-state index in [0.29, 0.717) is 28.1 Å². The molecule has 3 heterocycles. The average Bonchev–Trinajstić information content (AvgIpc) is 3.23. The van der Waals surface area contributed by atoms with Crippen LogP contribution in [-0.2, 0) is 7.05 Å². The number of hydrogen-bond acceptors (Lipinski definition) is 7. The third kappa shape index (κ3) is 2.34. The van der Waals surface area contributed by atoms with Gasteiger partial charge in [-0.3, -0.25) is 13.8 Å². The second-order valence-electron chi connectivity index (χ2n) is 6.52. The summed E-state index contributed by atoms with van der Waals surface area (Å²) in [7, 11) is 1.70. The minimum atomic E-state index is -0.0870. The Bertz CT molecular complexity index is 1190. The van der Waals surface area contributed by atoms with Crippen LogP contribution in [0, 0.1) is 0 Å². The maximum atomic E-state index is 12.5. The van der Waals surface area contributed by atoms with E-state index in [1.165, 1.54) is 16.3 Å². The van der Waals surface area contributed by atoms with Gasteiger partial charge in [0.1, 0.15) is 0 Å². The van der Waals surface area contributed by atoms with Crippen molar-refractivity contribution in [3.05, 3.63) is 46.3 Å². The highest BCUT2D eigenvalue weighted by molar-refractivity contribution is 7.99. The van der Waals surface area contributed by atoms with E-state index < -0.39 is 0 Å². The van der Waals surface area contributed by atoms with Crippen LogP contribution in [0.25, 0.3) is 16.7 Å². The van der Waals surface area contributed by atoms with Crippen LogP contribution < -0.4 is 5.56 Å². The van der Waals surface area contributed by atoms with Crippen LogP contribution in [0.1, 0.15) is 42.6 Å². The number of aromatic nitrogens is 6. The van der Waals surface area contributed by atoms with Crippen molar-refractivity contribution in [3.63, 3.8) is 0 Å². The van der Waals surface area contributed by atoms with Gasteiger partial charge in [0, 0.05) is 13.0 Å². The number of benzene rings is 1. The Morgan fingerprint density at radius 1 is 1.27 bits per heavy atom. The molecule has 0 spiro atoms. The Hall–Kier alpha value is -2.68. The zero-order valence-electron chi connectivity index (χ0n) is 14.3. The maximum absolute atomic E-state index is 12.5. The lowest BCUT2D eigenvalue weighted by Crippen LogP contribution is -2.20. The summed E-state index contributed by atoms with van der Waals surface area (Å²) >= 11 is 1.49. The van der Waals surface area contributed by atoms with Crippen molar-refractivity contribution >= 4 is 28.4 Å². The van der Waals surface area contributed by atoms with Crippen LogP contribution in [0.15, 0.2) is 38.7 Å². The summed E-state index contributed by atoms with van der Waals surface area (Å²) in [5.74, 6) is 2.35. The molecule has 1 aliphatic carbocycles. The molecule has 0 amide bonds. The second-order valence-corrected chi connectivity index (χ2v) is 7.83. The van der Waals surface area contributed by atoms with E-state index in [1.807, 2.05) is 35.6 Å². The van der Waals surface area contributed by atoms with Gasteiger partial charge in [-0.2, -0.15) is 4.98 Å². The monoisotopic (exact) mass is 368 g/mol. The smallest absolute Gasteiger partial charge is 0.262 e. The minimum Gasteiger partial charge on any atom is -0.338 e. The zero-order valence-corrected chi connectivity index (χ0v) is 15.1. The number of fused-ring (bicyclic) bond motifs is 3. The van der Waals surface area contributed by atoms with E-state index >= 15 is 0 Å². The molecule has 4 aromatic rings. The summed E-state index contributed by atoms with van der Waals surface area (Å²) in [6, 6.07) is 7.47. The first-order valence-electron chi connectivity index (χ1n) is 8.46. The molecule has 3 aromatic heterocycles. The fourth-order valence-corrected chi connectivity index (χ4v) is 3.90. The van der Waals surface area contributed by atoms with E-state index in [9.17, 15) is 4.79 Å². The molecule has 1 aliphatic rings. The SMILES string of the molecule is CC(Sc1nnc2n(C)c(=O)c3ccccc3n12)c1nc(C2CC2)no1. The molecule has 132 valence electrons. The third-order valence-electron chi connectivity index (χ3n) is 4.63. The molecule has 26 heavy (non-hydrogen) atoms. The van der Waals surface area contributed by atoms with Crippen molar-refractivity contribution in [2.45, 2.75) is 36.1 Å². The van der Waals surface area contributed by atoms with E-state index in [-0.39, 0.29) is 10.8 Å². The summed E-state index contributed by atoms with van der Waals surface area (Å²) in [5, 5.41) is 13.8. The molecule has 1 fully saturated rings. The molecule has 1 aromatic carbocycles. The van der Waals surface area contributed by atoms with Gasteiger partial charge in [0.15, 0.2) is 11.0 Å². The molecule has 0 saturated heterocycles. The van der Waals surface area contributed by atoms with Gasteiger partial charge >= 0.3 is 0 Å². The summed E-state index contributed by atoms with van der Waals surface area (Å²) < 4.78 is 8.84. The largest absolute Gasteiger partial charge is 0.338 e. The Morgan fingerprint density at radius 3 is 2.88 bits per heavy atom. The molecule has 9 heteroatoms. The van der Waals surface area contributed by atoms with Crippen LogP contribution in [0.4, 0.5) is 0 Å². The summed E-state index contributed by atoms with van der Waals surface area (Å²) in [5.41, 5.74) is 0.700. The lowest BCUT2D eigenvalue weighted by atomic mass is 10.2. The van der Waals surface area contributed by atoms with E-state index in [1.54, 1.807) is 7.05 Å². The predicted molar refractivity (Wildman–Crippen MR) is 96.3 cm³/mol. The summed E-state index contributed by atoms with van der Waals surface area (Å²) in [6.45, 7) is 2.00. The number of hydrogen-bond donors (Lipinski definition) is 0. The van der Waals surface area contributed by atoms with Crippen LogP contribution in [0.3, 0.4) is 0 Å². The first-order valence-corrected chi connectivity index (χ1v) is 9.34. The molecule has 0 N–H and O–H groups in total. The highest BCUT2D eigenvalue weighted by Gasteiger charge is 2.30. The molecule has 0 bridgehead atoms.